The van der Waals surface area contributed by atoms with Crippen molar-refractivity contribution in [3.8, 4) is 0 Å². The van der Waals surface area contributed by atoms with Crippen LogP contribution >= 0.6 is 0 Å². The van der Waals surface area contributed by atoms with Crippen molar-refractivity contribution in [1.29, 1.82) is 0 Å². The first-order valence-electron chi connectivity index (χ1n) is 11.2. The zero-order valence-electron chi connectivity index (χ0n) is 18.5. The normalized spacial score (nSPS) is 28.9. The zero-order chi connectivity index (χ0) is 19.9. The Balaban J connectivity index is 1.55. The highest BCUT2D eigenvalue weighted by molar-refractivity contribution is 6.76. The molecule has 1 N–H and O–H groups in total. The van der Waals surface area contributed by atoms with Crippen LogP contribution in [0.4, 0.5) is 0 Å². The molecule has 3 atom stereocenters. The summed E-state index contributed by atoms with van der Waals surface area (Å²) < 4.78 is 2.88. The Morgan fingerprint density at radius 1 is 1.00 bits per heavy atom. The molecule has 3 unspecified atom stereocenters. The van der Waals surface area contributed by atoms with Gasteiger partial charge in [-0.1, -0.05) is 82.8 Å². The van der Waals surface area contributed by atoms with Crippen molar-refractivity contribution < 1.29 is 0 Å². The van der Waals surface area contributed by atoms with Gasteiger partial charge < -0.3 is 9.88 Å². The van der Waals surface area contributed by atoms with Crippen LogP contribution in [-0.2, 0) is 5.41 Å². The highest BCUT2D eigenvalue weighted by atomic mass is 28.3. The van der Waals surface area contributed by atoms with E-state index >= 15 is 0 Å². The molecule has 3 aliphatic rings. The van der Waals surface area contributed by atoms with Crippen molar-refractivity contribution >= 4 is 13.8 Å². The summed E-state index contributed by atoms with van der Waals surface area (Å²) >= 11 is 0. The average Bonchev–Trinajstić information content (AvgIpc) is 3.13. The fraction of sp³-hybridized carbons (Fsp3) is 0.600. The van der Waals surface area contributed by atoms with E-state index in [1.54, 1.807) is 5.57 Å². The van der Waals surface area contributed by atoms with Crippen molar-refractivity contribution in [2.75, 3.05) is 26.2 Å². The van der Waals surface area contributed by atoms with Gasteiger partial charge in [0.05, 0.1) is 0 Å². The molecular formula is C25H38N2Si. The first-order valence-corrected chi connectivity index (χ1v) is 14.3. The van der Waals surface area contributed by atoms with Crippen LogP contribution in [0.5, 0.6) is 0 Å². The molecule has 152 valence electrons. The van der Waals surface area contributed by atoms with Gasteiger partial charge in [-0.3, -0.25) is 0 Å². The summed E-state index contributed by atoms with van der Waals surface area (Å²) in [6, 6.07) is 9.42. The number of rotatable bonds is 3. The van der Waals surface area contributed by atoms with Gasteiger partial charge in [-0.2, -0.15) is 0 Å². The minimum atomic E-state index is -1.43. The van der Waals surface area contributed by atoms with E-state index in [0.717, 1.165) is 11.5 Å². The van der Waals surface area contributed by atoms with E-state index < -0.39 is 8.24 Å². The summed E-state index contributed by atoms with van der Waals surface area (Å²) in [5.74, 6) is 1.45. The highest BCUT2D eigenvalue weighted by Gasteiger charge is 2.48. The first kappa shape index (κ1) is 20.1. The maximum absolute atomic E-state index is 3.53. The maximum Gasteiger partial charge on any atom is 0.126 e. The van der Waals surface area contributed by atoms with E-state index in [0.29, 0.717) is 5.92 Å². The Hall–Kier alpha value is -1.16. The summed E-state index contributed by atoms with van der Waals surface area (Å²) in [7, 11) is -1.43. The molecule has 0 spiro atoms. The predicted octanol–water partition coefficient (Wildman–Crippen LogP) is 5.44. The fourth-order valence-corrected chi connectivity index (χ4v) is 9.84. The molecule has 1 aliphatic heterocycles. The van der Waals surface area contributed by atoms with Crippen LogP contribution < -0.4 is 5.32 Å². The van der Waals surface area contributed by atoms with E-state index in [-0.39, 0.29) is 5.41 Å². The summed E-state index contributed by atoms with van der Waals surface area (Å²) in [4.78, 5) is 0. The van der Waals surface area contributed by atoms with E-state index in [2.05, 4.69) is 86.2 Å². The third kappa shape index (κ3) is 3.69. The molecule has 0 bridgehead atoms. The fourth-order valence-electron chi connectivity index (χ4n) is 5.84. The van der Waals surface area contributed by atoms with Gasteiger partial charge in [0.25, 0.3) is 0 Å². The summed E-state index contributed by atoms with van der Waals surface area (Å²) in [6.45, 7) is 17.0. The third-order valence-corrected chi connectivity index (χ3v) is 12.2. The number of fused-ring (bicyclic) bond motifs is 1. The second-order valence-corrected chi connectivity index (χ2v) is 15.3. The lowest BCUT2D eigenvalue weighted by molar-refractivity contribution is 0.347. The highest BCUT2D eigenvalue weighted by Crippen LogP contribution is 2.54. The average molecular weight is 395 g/mol. The molecule has 1 aromatic rings. The van der Waals surface area contributed by atoms with Crippen LogP contribution in [0.1, 0.15) is 44.7 Å². The van der Waals surface area contributed by atoms with Crippen molar-refractivity contribution in [2.45, 2.75) is 57.7 Å². The Morgan fingerprint density at radius 3 is 2.32 bits per heavy atom. The van der Waals surface area contributed by atoms with E-state index in [9.17, 15) is 0 Å². The molecule has 1 aromatic carbocycles. The van der Waals surface area contributed by atoms with Gasteiger partial charge in [0.1, 0.15) is 8.24 Å². The predicted molar refractivity (Wildman–Crippen MR) is 124 cm³/mol. The molecule has 28 heavy (non-hydrogen) atoms. The van der Waals surface area contributed by atoms with Crippen molar-refractivity contribution in [3.63, 3.8) is 0 Å². The van der Waals surface area contributed by atoms with E-state index in [1.807, 2.05) is 0 Å². The van der Waals surface area contributed by atoms with Gasteiger partial charge in [0.2, 0.25) is 0 Å². The second kappa shape index (κ2) is 7.59. The monoisotopic (exact) mass is 394 g/mol. The van der Waals surface area contributed by atoms with Gasteiger partial charge in [-0.15, -0.1) is 0 Å². The number of nitrogens with zero attached hydrogens (tertiary/aromatic N) is 1. The first-order chi connectivity index (χ1) is 13.3. The number of benzene rings is 1. The lowest BCUT2D eigenvalue weighted by Gasteiger charge is -2.45. The van der Waals surface area contributed by atoms with E-state index in [4.69, 9.17) is 0 Å². The zero-order valence-corrected chi connectivity index (χ0v) is 19.5. The van der Waals surface area contributed by atoms with Gasteiger partial charge in [0.15, 0.2) is 0 Å². The number of piperazine rings is 1. The van der Waals surface area contributed by atoms with Crippen LogP contribution in [0, 0.1) is 11.8 Å². The SMILES string of the molecule is CC(C)(C)c1ccc(C2=CC=CC3C2CCC3[Si](C)(C)N2CCNCC2)cc1. The lowest BCUT2D eigenvalue weighted by Crippen LogP contribution is -2.59. The van der Waals surface area contributed by atoms with Gasteiger partial charge >= 0.3 is 0 Å². The Kier molecular flexibility index (Phi) is 5.45. The summed E-state index contributed by atoms with van der Waals surface area (Å²) in [6.07, 6.45) is 10.1. The number of allylic oxidation sites excluding steroid dienone is 4. The molecule has 1 saturated heterocycles. The Morgan fingerprint density at radius 2 is 1.68 bits per heavy atom. The minimum Gasteiger partial charge on any atom is -0.321 e. The summed E-state index contributed by atoms with van der Waals surface area (Å²) in [5, 5.41) is 3.53. The van der Waals surface area contributed by atoms with Gasteiger partial charge in [-0.25, -0.2) is 0 Å². The standard InChI is InChI=1S/C25H38N2Si/c1-25(2,3)20-11-9-19(10-12-20)21-7-6-8-23-22(21)13-14-24(23)28(4,5)27-17-15-26-16-18-27/h6-12,22-24,26H,13-18H2,1-5H3. The number of hydrogen-bond donors (Lipinski definition) is 1. The molecule has 4 rings (SSSR count). The van der Waals surface area contributed by atoms with Crippen LogP contribution in [0.2, 0.25) is 18.6 Å². The second-order valence-electron chi connectivity index (χ2n) is 10.6. The molecular weight excluding hydrogens is 356 g/mol. The van der Waals surface area contributed by atoms with Gasteiger partial charge in [-0.05, 0) is 45.9 Å². The molecule has 0 radical (unpaired) electrons. The Bertz CT molecular complexity index is 748. The molecule has 0 amide bonds. The maximum atomic E-state index is 3.53. The number of hydrogen-bond acceptors (Lipinski definition) is 2. The Labute approximate surface area is 173 Å². The number of nitrogens with one attached hydrogen (secondary N) is 1. The molecule has 1 heterocycles. The molecule has 2 fully saturated rings. The van der Waals surface area contributed by atoms with Crippen molar-refractivity contribution in [3.05, 3.63) is 53.6 Å². The third-order valence-electron chi connectivity index (χ3n) is 7.65. The summed E-state index contributed by atoms with van der Waals surface area (Å²) in [5.41, 5.74) is 5.55. The lowest BCUT2D eigenvalue weighted by atomic mass is 9.80. The largest absolute Gasteiger partial charge is 0.321 e. The van der Waals surface area contributed by atoms with Crippen molar-refractivity contribution in [2.24, 2.45) is 11.8 Å². The molecule has 0 aromatic heterocycles. The molecule has 1 saturated carbocycles. The smallest absolute Gasteiger partial charge is 0.126 e. The van der Waals surface area contributed by atoms with Crippen LogP contribution in [0.25, 0.3) is 5.57 Å². The topological polar surface area (TPSA) is 15.3 Å². The van der Waals surface area contributed by atoms with Crippen LogP contribution in [0.3, 0.4) is 0 Å². The molecule has 2 aliphatic carbocycles. The van der Waals surface area contributed by atoms with Crippen molar-refractivity contribution in [1.82, 2.24) is 9.88 Å². The molecule has 3 heteroatoms. The minimum absolute atomic E-state index is 0.222. The van der Waals surface area contributed by atoms with Crippen LogP contribution in [0.15, 0.2) is 42.5 Å². The van der Waals surface area contributed by atoms with E-state index in [1.165, 1.54) is 50.1 Å². The quantitative estimate of drug-likeness (QED) is 0.686. The van der Waals surface area contributed by atoms with Gasteiger partial charge in [0, 0.05) is 26.2 Å². The van der Waals surface area contributed by atoms with Crippen LogP contribution in [-0.4, -0.2) is 39.0 Å². The molecule has 2 nitrogen and oxygen atoms in total.